The number of nitrogens with zero attached hydrogens (tertiary/aromatic N) is 1. The lowest BCUT2D eigenvalue weighted by Crippen LogP contribution is -2.58. The minimum absolute atomic E-state index is 0.0132. The molecule has 0 amide bonds. The van der Waals surface area contributed by atoms with Crippen LogP contribution in [0.2, 0.25) is 0 Å². The van der Waals surface area contributed by atoms with Gasteiger partial charge in [-0.1, -0.05) is 32.0 Å². The zero-order valence-corrected chi connectivity index (χ0v) is 13.2. The van der Waals surface area contributed by atoms with Gasteiger partial charge in [-0.3, -0.25) is 0 Å². The molecule has 0 saturated carbocycles. The van der Waals surface area contributed by atoms with Crippen LogP contribution in [-0.2, 0) is 4.74 Å². The smallest absolute Gasteiger partial charge is 0.0620 e. The Morgan fingerprint density at radius 2 is 2.10 bits per heavy atom. The number of likely N-dealkylation sites (N-methyl/N-ethyl adjacent to an activating group) is 1. The van der Waals surface area contributed by atoms with Crippen LogP contribution in [0.25, 0.3) is 0 Å². The highest BCUT2D eigenvalue weighted by Gasteiger charge is 2.40. The molecule has 2 N–H and O–H groups in total. The second-order valence-corrected chi connectivity index (χ2v) is 6.38. The summed E-state index contributed by atoms with van der Waals surface area (Å²) in [6, 6.07) is 8.53. The van der Waals surface area contributed by atoms with Crippen molar-refractivity contribution >= 4 is 5.69 Å². The van der Waals surface area contributed by atoms with Crippen molar-refractivity contribution in [2.24, 2.45) is 11.7 Å². The van der Waals surface area contributed by atoms with Crippen molar-refractivity contribution in [3.8, 4) is 0 Å². The highest BCUT2D eigenvalue weighted by molar-refractivity contribution is 5.54. The number of aryl methyl sites for hydroxylation is 1. The third-order valence-corrected chi connectivity index (χ3v) is 4.79. The molecule has 0 aromatic heterocycles. The summed E-state index contributed by atoms with van der Waals surface area (Å²) in [6.07, 6.45) is 2.31. The van der Waals surface area contributed by atoms with Gasteiger partial charge in [0.25, 0.3) is 0 Å². The Hall–Kier alpha value is -1.06. The normalized spacial score (nSPS) is 26.8. The van der Waals surface area contributed by atoms with E-state index < -0.39 is 0 Å². The second kappa shape index (κ2) is 6.15. The zero-order chi connectivity index (χ0) is 14.8. The van der Waals surface area contributed by atoms with E-state index >= 15 is 0 Å². The van der Waals surface area contributed by atoms with Crippen molar-refractivity contribution < 1.29 is 4.74 Å². The van der Waals surface area contributed by atoms with E-state index in [1.807, 2.05) is 0 Å². The summed E-state index contributed by atoms with van der Waals surface area (Å²) in [4.78, 5) is 2.39. The van der Waals surface area contributed by atoms with Gasteiger partial charge in [-0.05, 0) is 37.3 Å². The highest BCUT2D eigenvalue weighted by atomic mass is 16.5. The lowest BCUT2D eigenvalue weighted by molar-refractivity contribution is -0.0412. The minimum atomic E-state index is 0.0132. The molecular weight excluding hydrogens is 248 g/mol. The first-order valence-electron chi connectivity index (χ1n) is 7.61. The van der Waals surface area contributed by atoms with E-state index in [1.54, 1.807) is 0 Å². The van der Waals surface area contributed by atoms with E-state index in [1.165, 1.54) is 11.3 Å². The van der Waals surface area contributed by atoms with Gasteiger partial charge in [-0.15, -0.1) is 0 Å². The van der Waals surface area contributed by atoms with E-state index in [0.717, 1.165) is 19.4 Å². The summed E-state index contributed by atoms with van der Waals surface area (Å²) in [5.74, 6) is 0.534. The molecule has 2 rings (SSSR count). The quantitative estimate of drug-likeness (QED) is 0.919. The maximum absolute atomic E-state index is 6.19. The molecule has 0 aliphatic carbocycles. The van der Waals surface area contributed by atoms with E-state index in [0.29, 0.717) is 18.6 Å². The largest absolute Gasteiger partial charge is 0.378 e. The number of rotatable bonds is 4. The highest BCUT2D eigenvalue weighted by Crippen LogP contribution is 2.36. The van der Waals surface area contributed by atoms with Crippen LogP contribution in [0.4, 0.5) is 5.69 Å². The zero-order valence-electron chi connectivity index (χ0n) is 13.2. The molecule has 2 atom stereocenters. The molecule has 1 heterocycles. The molecule has 3 heteroatoms. The van der Waals surface area contributed by atoms with Gasteiger partial charge >= 0.3 is 0 Å². The predicted molar refractivity (Wildman–Crippen MR) is 85.2 cm³/mol. The lowest BCUT2D eigenvalue weighted by atomic mass is 9.81. The van der Waals surface area contributed by atoms with Crippen molar-refractivity contribution in [1.29, 1.82) is 0 Å². The fraction of sp³-hybridized carbons (Fsp3) is 0.647. The van der Waals surface area contributed by atoms with Crippen LogP contribution in [-0.4, -0.2) is 31.8 Å². The van der Waals surface area contributed by atoms with Crippen molar-refractivity contribution in [3.63, 3.8) is 0 Å². The summed E-state index contributed by atoms with van der Waals surface area (Å²) in [7, 11) is 2.18. The molecule has 1 aromatic rings. The number of hydrogen-bond donors (Lipinski definition) is 1. The van der Waals surface area contributed by atoms with E-state index in [4.69, 9.17) is 10.5 Å². The minimum Gasteiger partial charge on any atom is -0.378 e. The lowest BCUT2D eigenvalue weighted by Gasteiger charge is -2.48. The van der Waals surface area contributed by atoms with Crippen molar-refractivity contribution in [3.05, 3.63) is 29.8 Å². The van der Waals surface area contributed by atoms with E-state index in [2.05, 4.69) is 57.0 Å². The molecule has 0 bridgehead atoms. The summed E-state index contributed by atoms with van der Waals surface area (Å²) >= 11 is 0. The molecule has 2 unspecified atom stereocenters. The fourth-order valence-corrected chi connectivity index (χ4v) is 3.19. The van der Waals surface area contributed by atoms with Gasteiger partial charge in [-0.2, -0.15) is 0 Å². The number of ether oxygens (including phenoxy) is 1. The Balaban J connectivity index is 2.28. The van der Waals surface area contributed by atoms with Gasteiger partial charge in [0.15, 0.2) is 0 Å². The SMILES string of the molecule is Cc1ccccc1N(C)C1(CN)CCOC(C(C)C)C1. The van der Waals surface area contributed by atoms with Crippen LogP contribution in [0, 0.1) is 12.8 Å². The summed E-state index contributed by atoms with van der Waals surface area (Å²) < 4.78 is 5.93. The van der Waals surface area contributed by atoms with Crippen molar-refractivity contribution in [1.82, 2.24) is 0 Å². The van der Waals surface area contributed by atoms with Gasteiger partial charge in [0.05, 0.1) is 11.6 Å². The van der Waals surface area contributed by atoms with Crippen LogP contribution in [0.1, 0.15) is 32.3 Å². The molecule has 0 spiro atoms. The predicted octanol–water partition coefficient (Wildman–Crippen LogP) is 2.96. The Morgan fingerprint density at radius 1 is 1.40 bits per heavy atom. The van der Waals surface area contributed by atoms with E-state index in [9.17, 15) is 0 Å². The Morgan fingerprint density at radius 3 is 2.70 bits per heavy atom. The topological polar surface area (TPSA) is 38.5 Å². The molecule has 1 aliphatic heterocycles. The maximum atomic E-state index is 6.19. The molecule has 1 aliphatic rings. The number of benzene rings is 1. The monoisotopic (exact) mass is 276 g/mol. The number of nitrogens with two attached hydrogens (primary N) is 1. The van der Waals surface area contributed by atoms with Crippen LogP contribution >= 0.6 is 0 Å². The van der Waals surface area contributed by atoms with Crippen molar-refractivity contribution in [2.45, 2.75) is 45.3 Å². The van der Waals surface area contributed by atoms with Crippen LogP contribution in [0.3, 0.4) is 0 Å². The first kappa shape index (κ1) is 15.3. The Labute approximate surface area is 123 Å². The standard InChI is InChI=1S/C17H28N2O/c1-13(2)16-11-17(12-18,9-10-20-16)19(4)15-8-6-5-7-14(15)3/h5-8,13,16H,9-12,18H2,1-4H3. The van der Waals surface area contributed by atoms with Gasteiger partial charge in [-0.25, -0.2) is 0 Å². The Bertz CT molecular complexity index is 446. The van der Waals surface area contributed by atoms with Crippen LogP contribution in [0.5, 0.6) is 0 Å². The van der Waals surface area contributed by atoms with Crippen molar-refractivity contribution in [2.75, 3.05) is 25.1 Å². The van der Waals surface area contributed by atoms with Crippen LogP contribution in [0.15, 0.2) is 24.3 Å². The molecule has 112 valence electrons. The summed E-state index contributed by atoms with van der Waals surface area (Å²) in [6.45, 7) is 8.09. The molecule has 20 heavy (non-hydrogen) atoms. The number of hydrogen-bond acceptors (Lipinski definition) is 3. The molecule has 1 aromatic carbocycles. The fourth-order valence-electron chi connectivity index (χ4n) is 3.19. The molecule has 0 radical (unpaired) electrons. The second-order valence-electron chi connectivity index (χ2n) is 6.38. The molecule has 1 fully saturated rings. The first-order chi connectivity index (χ1) is 9.50. The molecule has 1 saturated heterocycles. The van der Waals surface area contributed by atoms with Gasteiger partial charge in [0.2, 0.25) is 0 Å². The third kappa shape index (κ3) is 2.84. The molecular formula is C17H28N2O. The van der Waals surface area contributed by atoms with E-state index in [-0.39, 0.29) is 5.54 Å². The van der Waals surface area contributed by atoms with Gasteiger partial charge < -0.3 is 15.4 Å². The first-order valence-corrected chi connectivity index (χ1v) is 7.61. The van der Waals surface area contributed by atoms with Gasteiger partial charge in [0, 0.05) is 25.9 Å². The van der Waals surface area contributed by atoms with Gasteiger partial charge in [0.1, 0.15) is 0 Å². The average Bonchev–Trinajstić information content (AvgIpc) is 2.47. The summed E-state index contributed by atoms with van der Waals surface area (Å²) in [5.41, 5.74) is 8.79. The molecule has 3 nitrogen and oxygen atoms in total. The number of anilines is 1. The number of para-hydroxylation sites is 1. The average molecular weight is 276 g/mol. The van der Waals surface area contributed by atoms with Crippen LogP contribution < -0.4 is 10.6 Å². The third-order valence-electron chi connectivity index (χ3n) is 4.79. The Kier molecular flexibility index (Phi) is 4.71. The maximum Gasteiger partial charge on any atom is 0.0620 e. The summed E-state index contributed by atoms with van der Waals surface area (Å²) in [5, 5.41) is 0.